The van der Waals surface area contributed by atoms with Crippen molar-refractivity contribution in [2.45, 2.75) is 26.3 Å². The molecule has 1 rings (SSSR count). The number of carbonyl (C=O) groups excluding carboxylic acids is 1. The Labute approximate surface area is 110 Å². The van der Waals surface area contributed by atoms with Crippen LogP contribution in [0.2, 0.25) is 0 Å². The predicted octanol–water partition coefficient (Wildman–Crippen LogP) is 3.38. The summed E-state index contributed by atoms with van der Waals surface area (Å²) in [4.78, 5) is 11.6. The Morgan fingerprint density at radius 2 is 2.00 bits per heavy atom. The summed E-state index contributed by atoms with van der Waals surface area (Å²) in [6, 6.07) is 5.14. The summed E-state index contributed by atoms with van der Waals surface area (Å²) in [6.45, 7) is 5.78. The average molecular weight is 301 g/mol. The summed E-state index contributed by atoms with van der Waals surface area (Å²) in [7, 11) is 1.60. The molecule has 0 aliphatic rings. The molecular formula is C12H17BrN2O2. The molecule has 5 heteroatoms. The summed E-state index contributed by atoms with van der Waals surface area (Å²) in [5, 5.41) is 5.57. The lowest BCUT2D eigenvalue weighted by Crippen LogP contribution is -2.43. The van der Waals surface area contributed by atoms with Crippen molar-refractivity contribution in [3.05, 3.63) is 22.7 Å². The molecule has 0 radical (unpaired) electrons. The molecule has 0 saturated carbocycles. The molecule has 0 unspecified atom stereocenters. The second-order valence-corrected chi connectivity index (χ2v) is 5.53. The van der Waals surface area contributed by atoms with Gasteiger partial charge in [-0.15, -0.1) is 0 Å². The smallest absolute Gasteiger partial charge is 0.319 e. The van der Waals surface area contributed by atoms with Crippen LogP contribution in [0.25, 0.3) is 0 Å². The zero-order valence-corrected chi connectivity index (χ0v) is 12.0. The Bertz CT molecular complexity index is 413. The maximum Gasteiger partial charge on any atom is 0.319 e. The Balaban J connectivity index is 2.69. The molecule has 0 spiro atoms. The van der Waals surface area contributed by atoms with Crippen molar-refractivity contribution in [3.8, 4) is 5.75 Å². The van der Waals surface area contributed by atoms with Crippen LogP contribution in [0.4, 0.5) is 10.5 Å². The Morgan fingerprint density at radius 1 is 1.35 bits per heavy atom. The van der Waals surface area contributed by atoms with E-state index < -0.39 is 0 Å². The topological polar surface area (TPSA) is 50.4 Å². The van der Waals surface area contributed by atoms with E-state index in [1.54, 1.807) is 25.3 Å². The summed E-state index contributed by atoms with van der Waals surface area (Å²) >= 11 is 3.36. The molecule has 0 saturated heterocycles. The molecule has 0 aliphatic carbocycles. The van der Waals surface area contributed by atoms with E-state index in [1.165, 1.54) is 0 Å². The van der Waals surface area contributed by atoms with Gasteiger partial charge in [0.2, 0.25) is 0 Å². The average Bonchev–Trinajstić information content (AvgIpc) is 2.14. The minimum Gasteiger partial charge on any atom is -0.496 e. The van der Waals surface area contributed by atoms with Gasteiger partial charge in [-0.05, 0) is 54.9 Å². The SMILES string of the molecule is COc1ccc(NC(=O)NC(C)(C)C)cc1Br. The number of halogens is 1. The molecule has 2 amide bonds. The van der Waals surface area contributed by atoms with Crippen LogP contribution < -0.4 is 15.4 Å². The van der Waals surface area contributed by atoms with Gasteiger partial charge in [0.1, 0.15) is 5.75 Å². The van der Waals surface area contributed by atoms with Gasteiger partial charge in [-0.1, -0.05) is 0 Å². The van der Waals surface area contributed by atoms with E-state index in [1.807, 2.05) is 20.8 Å². The van der Waals surface area contributed by atoms with Gasteiger partial charge in [0.25, 0.3) is 0 Å². The number of urea groups is 1. The molecule has 2 N–H and O–H groups in total. The highest BCUT2D eigenvalue weighted by atomic mass is 79.9. The zero-order valence-electron chi connectivity index (χ0n) is 10.4. The number of anilines is 1. The van der Waals surface area contributed by atoms with Gasteiger partial charge < -0.3 is 15.4 Å². The number of benzene rings is 1. The number of amides is 2. The van der Waals surface area contributed by atoms with Gasteiger partial charge >= 0.3 is 6.03 Å². The van der Waals surface area contributed by atoms with E-state index in [-0.39, 0.29) is 11.6 Å². The van der Waals surface area contributed by atoms with Gasteiger partial charge in [-0.25, -0.2) is 4.79 Å². The van der Waals surface area contributed by atoms with Crippen LogP contribution in [-0.2, 0) is 0 Å². The largest absolute Gasteiger partial charge is 0.496 e. The lowest BCUT2D eigenvalue weighted by Gasteiger charge is -2.20. The highest BCUT2D eigenvalue weighted by Crippen LogP contribution is 2.27. The van der Waals surface area contributed by atoms with Gasteiger partial charge in [0.15, 0.2) is 0 Å². The maximum atomic E-state index is 11.6. The Morgan fingerprint density at radius 3 is 2.47 bits per heavy atom. The van der Waals surface area contributed by atoms with Crippen molar-refractivity contribution >= 4 is 27.6 Å². The highest BCUT2D eigenvalue weighted by molar-refractivity contribution is 9.10. The fraction of sp³-hybridized carbons (Fsp3) is 0.417. The minimum atomic E-state index is -0.256. The molecule has 0 bridgehead atoms. The van der Waals surface area contributed by atoms with Crippen molar-refractivity contribution in [3.63, 3.8) is 0 Å². The van der Waals surface area contributed by atoms with E-state index in [0.29, 0.717) is 5.69 Å². The molecule has 4 nitrogen and oxygen atoms in total. The number of rotatable bonds is 2. The summed E-state index contributed by atoms with van der Waals surface area (Å²) in [5.74, 6) is 0.728. The van der Waals surface area contributed by atoms with Crippen LogP contribution in [0.5, 0.6) is 5.75 Å². The molecule has 94 valence electrons. The van der Waals surface area contributed by atoms with Gasteiger partial charge in [0.05, 0.1) is 11.6 Å². The fourth-order valence-electron chi connectivity index (χ4n) is 1.25. The third kappa shape index (κ3) is 4.65. The van der Waals surface area contributed by atoms with Crippen molar-refractivity contribution in [2.75, 3.05) is 12.4 Å². The number of hydrogen-bond acceptors (Lipinski definition) is 2. The maximum absolute atomic E-state index is 11.6. The van der Waals surface area contributed by atoms with E-state index >= 15 is 0 Å². The van der Waals surface area contributed by atoms with E-state index in [9.17, 15) is 4.79 Å². The van der Waals surface area contributed by atoms with Crippen LogP contribution in [0.1, 0.15) is 20.8 Å². The molecule has 1 aromatic rings. The number of nitrogens with one attached hydrogen (secondary N) is 2. The molecule has 0 heterocycles. The molecule has 17 heavy (non-hydrogen) atoms. The van der Waals surface area contributed by atoms with E-state index in [4.69, 9.17) is 4.74 Å². The lowest BCUT2D eigenvalue weighted by atomic mass is 10.1. The fourth-order valence-corrected chi connectivity index (χ4v) is 1.79. The molecule has 0 atom stereocenters. The number of hydrogen-bond donors (Lipinski definition) is 2. The lowest BCUT2D eigenvalue weighted by molar-refractivity contribution is 0.244. The second kappa shape index (κ2) is 5.40. The third-order valence-electron chi connectivity index (χ3n) is 1.90. The van der Waals surface area contributed by atoms with Crippen molar-refractivity contribution in [1.82, 2.24) is 5.32 Å². The molecule has 1 aromatic carbocycles. The predicted molar refractivity (Wildman–Crippen MR) is 72.6 cm³/mol. The number of ether oxygens (including phenoxy) is 1. The first kappa shape index (κ1) is 13.8. The third-order valence-corrected chi connectivity index (χ3v) is 2.52. The van der Waals surface area contributed by atoms with Crippen LogP contribution >= 0.6 is 15.9 Å². The van der Waals surface area contributed by atoms with Crippen LogP contribution in [-0.4, -0.2) is 18.7 Å². The van der Waals surface area contributed by atoms with Crippen LogP contribution in [0.3, 0.4) is 0 Å². The van der Waals surface area contributed by atoms with Crippen LogP contribution in [0, 0.1) is 0 Å². The molecule has 0 fully saturated rings. The Kier molecular flexibility index (Phi) is 4.40. The summed E-state index contributed by atoms with van der Waals surface area (Å²) in [6.07, 6.45) is 0. The standard InChI is InChI=1S/C12H17BrN2O2/c1-12(2,3)15-11(16)14-8-5-6-10(17-4)9(13)7-8/h5-7H,1-4H3,(H2,14,15,16). The zero-order chi connectivity index (χ0) is 13.1. The monoisotopic (exact) mass is 300 g/mol. The first-order chi connectivity index (χ1) is 7.81. The summed E-state index contributed by atoms with van der Waals surface area (Å²) < 4.78 is 5.91. The number of carbonyl (C=O) groups is 1. The molecule has 0 aromatic heterocycles. The normalized spacial score (nSPS) is 10.9. The van der Waals surface area contributed by atoms with Crippen molar-refractivity contribution < 1.29 is 9.53 Å². The quantitative estimate of drug-likeness (QED) is 0.880. The first-order valence-electron chi connectivity index (χ1n) is 5.24. The van der Waals surface area contributed by atoms with E-state index in [0.717, 1.165) is 10.2 Å². The van der Waals surface area contributed by atoms with Gasteiger partial charge in [-0.2, -0.15) is 0 Å². The Hall–Kier alpha value is -1.23. The summed E-state index contributed by atoms with van der Waals surface area (Å²) in [5.41, 5.74) is 0.452. The van der Waals surface area contributed by atoms with Gasteiger partial charge in [-0.3, -0.25) is 0 Å². The first-order valence-corrected chi connectivity index (χ1v) is 6.04. The number of methoxy groups -OCH3 is 1. The highest BCUT2D eigenvalue weighted by Gasteiger charge is 2.13. The van der Waals surface area contributed by atoms with Crippen molar-refractivity contribution in [2.24, 2.45) is 0 Å². The van der Waals surface area contributed by atoms with E-state index in [2.05, 4.69) is 26.6 Å². The van der Waals surface area contributed by atoms with Gasteiger partial charge in [0, 0.05) is 11.2 Å². The second-order valence-electron chi connectivity index (χ2n) is 4.68. The van der Waals surface area contributed by atoms with Crippen LogP contribution in [0.15, 0.2) is 22.7 Å². The molecule has 0 aliphatic heterocycles. The minimum absolute atomic E-state index is 0.227. The van der Waals surface area contributed by atoms with Crippen molar-refractivity contribution in [1.29, 1.82) is 0 Å². The molecular weight excluding hydrogens is 284 g/mol.